The minimum Gasteiger partial charge on any atom is -0.230 e. The molecular formula is C15H21N2+. The predicted octanol–water partition coefficient (Wildman–Crippen LogP) is 3.05. The van der Waals surface area contributed by atoms with Crippen LogP contribution in [-0.4, -0.2) is 4.57 Å². The monoisotopic (exact) mass is 229 g/mol. The predicted molar refractivity (Wildman–Crippen MR) is 69.9 cm³/mol. The lowest BCUT2D eigenvalue weighted by Gasteiger charge is -2.18. The van der Waals surface area contributed by atoms with Gasteiger partial charge in [-0.05, 0) is 25.0 Å². The number of rotatable bonds is 1. The Kier molecular flexibility index (Phi) is 2.65. The highest BCUT2D eigenvalue weighted by molar-refractivity contribution is 5.72. The van der Waals surface area contributed by atoms with E-state index in [4.69, 9.17) is 0 Å². The van der Waals surface area contributed by atoms with Gasteiger partial charge in [0.15, 0.2) is 11.0 Å². The standard InChI is InChI=1S/C15H21N2/c1-16-13-10-6-7-11-14(13)17(2)15(16)12-8-4-3-5-9-12/h6-7,10-12H,3-5,8-9H2,1-2H3/q+1. The minimum absolute atomic E-state index is 0.756. The summed E-state index contributed by atoms with van der Waals surface area (Å²) in [6.07, 6.45) is 6.93. The van der Waals surface area contributed by atoms with Crippen molar-refractivity contribution in [3.63, 3.8) is 0 Å². The van der Waals surface area contributed by atoms with Gasteiger partial charge in [0.1, 0.15) is 0 Å². The van der Waals surface area contributed by atoms with E-state index < -0.39 is 0 Å². The highest BCUT2D eigenvalue weighted by Crippen LogP contribution is 2.32. The van der Waals surface area contributed by atoms with E-state index in [1.54, 1.807) is 0 Å². The number of aryl methyl sites for hydroxylation is 2. The van der Waals surface area contributed by atoms with Crippen molar-refractivity contribution in [2.75, 3.05) is 0 Å². The van der Waals surface area contributed by atoms with E-state index in [0.29, 0.717) is 0 Å². The van der Waals surface area contributed by atoms with Gasteiger partial charge in [0.25, 0.3) is 5.82 Å². The Morgan fingerprint density at radius 1 is 1.12 bits per heavy atom. The first-order valence-corrected chi connectivity index (χ1v) is 6.72. The maximum absolute atomic E-state index is 2.39. The molecule has 1 aliphatic rings. The van der Waals surface area contributed by atoms with Crippen molar-refractivity contribution in [3.05, 3.63) is 30.1 Å². The highest BCUT2D eigenvalue weighted by Gasteiger charge is 2.28. The fraction of sp³-hybridized carbons (Fsp3) is 0.533. The zero-order valence-electron chi connectivity index (χ0n) is 10.8. The number of aromatic nitrogens is 2. The van der Waals surface area contributed by atoms with Gasteiger partial charge in [0.05, 0.1) is 20.0 Å². The second kappa shape index (κ2) is 4.17. The van der Waals surface area contributed by atoms with E-state index in [1.165, 1.54) is 49.0 Å². The first kappa shape index (κ1) is 10.8. The lowest BCUT2D eigenvalue weighted by atomic mass is 9.88. The smallest absolute Gasteiger partial charge is 0.230 e. The van der Waals surface area contributed by atoms with Crippen LogP contribution in [0.25, 0.3) is 11.0 Å². The number of benzene rings is 1. The van der Waals surface area contributed by atoms with Gasteiger partial charge in [0, 0.05) is 0 Å². The van der Waals surface area contributed by atoms with Crippen LogP contribution < -0.4 is 4.57 Å². The quantitative estimate of drug-likeness (QED) is 0.665. The van der Waals surface area contributed by atoms with E-state index in [-0.39, 0.29) is 0 Å². The van der Waals surface area contributed by atoms with Gasteiger partial charge in [-0.3, -0.25) is 0 Å². The normalized spacial score (nSPS) is 17.8. The highest BCUT2D eigenvalue weighted by atomic mass is 15.1. The summed E-state index contributed by atoms with van der Waals surface area (Å²) in [5.41, 5.74) is 2.71. The van der Waals surface area contributed by atoms with Crippen LogP contribution in [0.4, 0.5) is 0 Å². The molecule has 1 aromatic heterocycles. The molecule has 0 N–H and O–H groups in total. The summed E-state index contributed by atoms with van der Waals surface area (Å²) in [7, 11) is 4.43. The fourth-order valence-corrected chi connectivity index (χ4v) is 3.41. The summed E-state index contributed by atoms with van der Waals surface area (Å²) in [4.78, 5) is 0. The molecule has 0 unspecified atom stereocenters. The van der Waals surface area contributed by atoms with Crippen LogP contribution in [0, 0.1) is 0 Å². The van der Waals surface area contributed by atoms with Crippen LogP contribution in [-0.2, 0) is 14.1 Å². The maximum Gasteiger partial charge on any atom is 0.260 e. The van der Waals surface area contributed by atoms with E-state index >= 15 is 0 Å². The molecule has 0 amide bonds. The van der Waals surface area contributed by atoms with Crippen molar-refractivity contribution < 1.29 is 4.57 Å². The summed E-state index contributed by atoms with van der Waals surface area (Å²) >= 11 is 0. The average Bonchev–Trinajstić information content (AvgIpc) is 2.64. The fourth-order valence-electron chi connectivity index (χ4n) is 3.41. The molecule has 3 rings (SSSR count). The summed E-state index contributed by atoms with van der Waals surface area (Å²) in [5.74, 6) is 2.26. The van der Waals surface area contributed by atoms with Gasteiger partial charge in [-0.25, -0.2) is 9.13 Å². The molecule has 0 spiro atoms. The molecule has 1 fully saturated rings. The van der Waals surface area contributed by atoms with E-state index in [9.17, 15) is 0 Å². The Morgan fingerprint density at radius 3 is 2.53 bits per heavy atom. The van der Waals surface area contributed by atoms with Gasteiger partial charge in [-0.15, -0.1) is 0 Å². The minimum atomic E-state index is 0.756. The van der Waals surface area contributed by atoms with Gasteiger partial charge < -0.3 is 0 Å². The molecule has 2 heteroatoms. The topological polar surface area (TPSA) is 8.81 Å². The average molecular weight is 229 g/mol. The molecule has 0 atom stereocenters. The first-order valence-electron chi connectivity index (χ1n) is 6.72. The van der Waals surface area contributed by atoms with Crippen molar-refractivity contribution in [1.29, 1.82) is 0 Å². The van der Waals surface area contributed by atoms with Crippen molar-refractivity contribution in [2.24, 2.45) is 14.1 Å². The van der Waals surface area contributed by atoms with Gasteiger partial charge in [0.2, 0.25) is 0 Å². The zero-order valence-corrected chi connectivity index (χ0v) is 10.8. The molecule has 1 aromatic carbocycles. The van der Waals surface area contributed by atoms with Crippen molar-refractivity contribution in [1.82, 2.24) is 4.57 Å². The third-order valence-electron chi connectivity index (χ3n) is 4.26. The molecule has 0 bridgehead atoms. The molecule has 90 valence electrons. The maximum atomic E-state index is 2.39. The van der Waals surface area contributed by atoms with Crippen LogP contribution in [0.2, 0.25) is 0 Å². The Hall–Kier alpha value is -1.31. The second-order valence-corrected chi connectivity index (χ2v) is 5.30. The lowest BCUT2D eigenvalue weighted by molar-refractivity contribution is -0.655. The third kappa shape index (κ3) is 1.67. The number of hydrogen-bond acceptors (Lipinski definition) is 0. The van der Waals surface area contributed by atoms with Gasteiger partial charge >= 0.3 is 0 Å². The van der Waals surface area contributed by atoms with Crippen LogP contribution >= 0.6 is 0 Å². The first-order chi connectivity index (χ1) is 8.29. The Labute approximate surface area is 103 Å². The van der Waals surface area contributed by atoms with Crippen molar-refractivity contribution >= 4 is 11.0 Å². The number of hydrogen-bond donors (Lipinski definition) is 0. The number of imidazole rings is 1. The molecule has 1 aliphatic carbocycles. The summed E-state index contributed by atoms with van der Waals surface area (Å²) < 4.78 is 4.79. The SMILES string of the molecule is Cn1c(C2CCCCC2)[n+](C)c2ccccc21. The molecule has 2 aromatic rings. The molecule has 0 saturated heterocycles. The molecule has 0 radical (unpaired) electrons. The van der Waals surface area contributed by atoms with E-state index in [0.717, 1.165) is 5.92 Å². The summed E-state index contributed by atoms with van der Waals surface area (Å²) in [5, 5.41) is 0. The van der Waals surface area contributed by atoms with Crippen molar-refractivity contribution in [2.45, 2.75) is 38.0 Å². The number of para-hydroxylation sites is 2. The number of nitrogens with zero attached hydrogens (tertiary/aromatic N) is 2. The number of fused-ring (bicyclic) bond motifs is 1. The van der Waals surface area contributed by atoms with Crippen LogP contribution in [0.5, 0.6) is 0 Å². The Balaban J connectivity index is 2.15. The zero-order chi connectivity index (χ0) is 11.8. The lowest BCUT2D eigenvalue weighted by Crippen LogP contribution is -2.35. The Morgan fingerprint density at radius 2 is 1.82 bits per heavy atom. The second-order valence-electron chi connectivity index (χ2n) is 5.30. The van der Waals surface area contributed by atoms with Crippen LogP contribution in [0.1, 0.15) is 43.8 Å². The van der Waals surface area contributed by atoms with E-state index in [1.807, 2.05) is 0 Å². The van der Waals surface area contributed by atoms with Gasteiger partial charge in [-0.2, -0.15) is 0 Å². The Bertz CT molecular complexity index is 494. The molecule has 17 heavy (non-hydrogen) atoms. The molecular weight excluding hydrogens is 208 g/mol. The van der Waals surface area contributed by atoms with Gasteiger partial charge in [-0.1, -0.05) is 31.4 Å². The van der Waals surface area contributed by atoms with Crippen LogP contribution in [0.15, 0.2) is 24.3 Å². The molecule has 1 saturated carbocycles. The molecule has 0 aliphatic heterocycles. The largest absolute Gasteiger partial charge is 0.260 e. The van der Waals surface area contributed by atoms with Crippen molar-refractivity contribution in [3.8, 4) is 0 Å². The summed E-state index contributed by atoms with van der Waals surface area (Å²) in [6, 6.07) is 8.71. The van der Waals surface area contributed by atoms with Crippen LogP contribution in [0.3, 0.4) is 0 Å². The summed E-state index contributed by atoms with van der Waals surface area (Å²) in [6.45, 7) is 0. The third-order valence-corrected chi connectivity index (χ3v) is 4.26. The molecule has 1 heterocycles. The van der Waals surface area contributed by atoms with E-state index in [2.05, 4.69) is 47.5 Å². The molecule has 2 nitrogen and oxygen atoms in total.